The molecule has 2 aromatic heterocycles. The van der Waals surface area contributed by atoms with E-state index >= 15 is 0 Å². The van der Waals surface area contributed by atoms with Crippen LogP contribution in [0.3, 0.4) is 0 Å². The number of alkyl halides is 1. The molecule has 0 spiro atoms. The van der Waals surface area contributed by atoms with Gasteiger partial charge >= 0.3 is 0 Å². The second-order valence-corrected chi connectivity index (χ2v) is 5.23. The summed E-state index contributed by atoms with van der Waals surface area (Å²) in [5.41, 5.74) is 3.44. The first-order valence-corrected chi connectivity index (χ1v) is 7.26. The van der Waals surface area contributed by atoms with Crippen molar-refractivity contribution in [2.45, 2.75) is 18.8 Å². The van der Waals surface area contributed by atoms with Gasteiger partial charge in [0.2, 0.25) is 5.91 Å². The van der Waals surface area contributed by atoms with E-state index in [4.69, 9.17) is 11.6 Å². The third kappa shape index (κ3) is 3.76. The topological polar surface area (TPSA) is 54.9 Å². The summed E-state index contributed by atoms with van der Waals surface area (Å²) in [4.78, 5) is 19.9. The van der Waals surface area contributed by atoms with Crippen LogP contribution in [-0.4, -0.2) is 15.9 Å². The molecule has 0 aliphatic rings. The van der Waals surface area contributed by atoms with E-state index in [-0.39, 0.29) is 5.91 Å². The van der Waals surface area contributed by atoms with Crippen LogP contribution in [0, 0.1) is 0 Å². The van der Waals surface area contributed by atoms with Crippen LogP contribution in [0.2, 0.25) is 0 Å². The highest BCUT2D eigenvalue weighted by Gasteiger charge is 2.07. The zero-order chi connectivity index (χ0) is 12.1. The van der Waals surface area contributed by atoms with Gasteiger partial charge in [0.1, 0.15) is 5.01 Å². The van der Waals surface area contributed by atoms with Gasteiger partial charge in [-0.2, -0.15) is 0 Å². The summed E-state index contributed by atoms with van der Waals surface area (Å²) in [6, 6.07) is 0. The summed E-state index contributed by atoms with van der Waals surface area (Å²) < 4.78 is 0. The van der Waals surface area contributed by atoms with Gasteiger partial charge in [0.25, 0.3) is 0 Å². The van der Waals surface area contributed by atoms with E-state index in [1.54, 1.807) is 5.51 Å². The molecular formula is C10H10ClN3OS2. The normalized spacial score (nSPS) is 10.4. The Morgan fingerprint density at radius 1 is 1.41 bits per heavy atom. The Bertz CT molecular complexity index is 483. The van der Waals surface area contributed by atoms with Gasteiger partial charge in [0.15, 0.2) is 0 Å². The number of hydrogen-bond donors (Lipinski definition) is 1. The lowest BCUT2D eigenvalue weighted by atomic mass is 10.4. The highest BCUT2D eigenvalue weighted by Crippen LogP contribution is 2.12. The molecule has 7 heteroatoms. The fourth-order valence-corrected chi connectivity index (χ4v) is 2.78. The Morgan fingerprint density at radius 2 is 2.29 bits per heavy atom. The SMILES string of the molecule is O=C(Cc1nc(CCl)cs1)NCc1cscn1. The number of halogens is 1. The van der Waals surface area contributed by atoms with Crippen molar-refractivity contribution >= 4 is 40.2 Å². The van der Waals surface area contributed by atoms with Gasteiger partial charge < -0.3 is 5.32 Å². The molecule has 2 aromatic rings. The van der Waals surface area contributed by atoms with Gasteiger partial charge in [-0.05, 0) is 0 Å². The van der Waals surface area contributed by atoms with Crippen molar-refractivity contribution in [3.05, 3.63) is 32.7 Å². The molecule has 4 nitrogen and oxygen atoms in total. The van der Waals surface area contributed by atoms with Crippen LogP contribution < -0.4 is 5.32 Å². The summed E-state index contributed by atoms with van der Waals surface area (Å²) in [5, 5.41) is 7.37. The number of nitrogens with one attached hydrogen (secondary N) is 1. The van der Waals surface area contributed by atoms with Crippen molar-refractivity contribution < 1.29 is 4.79 Å². The molecule has 0 bridgehead atoms. The number of carbonyl (C=O) groups excluding carboxylic acids is 1. The van der Waals surface area contributed by atoms with Gasteiger partial charge in [-0.15, -0.1) is 34.3 Å². The number of aromatic nitrogens is 2. The summed E-state index contributed by atoms with van der Waals surface area (Å²) in [5.74, 6) is 0.338. The van der Waals surface area contributed by atoms with E-state index in [2.05, 4.69) is 15.3 Å². The molecule has 0 saturated carbocycles. The van der Waals surface area contributed by atoms with E-state index in [9.17, 15) is 4.79 Å². The van der Waals surface area contributed by atoms with Crippen molar-refractivity contribution in [2.75, 3.05) is 0 Å². The minimum atomic E-state index is -0.0477. The number of amides is 1. The molecule has 17 heavy (non-hydrogen) atoms. The third-order valence-corrected chi connectivity index (χ3v) is 3.80. The Balaban J connectivity index is 1.81. The van der Waals surface area contributed by atoms with E-state index in [0.29, 0.717) is 18.8 Å². The molecule has 1 amide bonds. The molecule has 2 heterocycles. The number of thiazole rings is 2. The standard InChI is InChI=1S/C10H10ClN3OS2/c11-2-7-5-17-10(14-7)1-9(15)12-3-8-4-16-6-13-8/h4-6H,1-3H2,(H,12,15). The average molecular weight is 288 g/mol. The van der Waals surface area contributed by atoms with Gasteiger partial charge in [-0.1, -0.05) is 0 Å². The highest BCUT2D eigenvalue weighted by atomic mass is 35.5. The lowest BCUT2D eigenvalue weighted by Gasteiger charge is -2.00. The predicted molar refractivity (Wildman–Crippen MR) is 69.3 cm³/mol. The average Bonchev–Trinajstić information content (AvgIpc) is 2.97. The lowest BCUT2D eigenvalue weighted by Crippen LogP contribution is -2.24. The fourth-order valence-electron chi connectivity index (χ4n) is 1.21. The molecule has 0 aromatic carbocycles. The lowest BCUT2D eigenvalue weighted by molar-refractivity contribution is -0.120. The van der Waals surface area contributed by atoms with E-state index in [1.807, 2.05) is 10.8 Å². The minimum absolute atomic E-state index is 0.0477. The molecule has 0 atom stereocenters. The number of rotatable bonds is 5. The van der Waals surface area contributed by atoms with Crippen LogP contribution in [0.4, 0.5) is 0 Å². The Labute approximate surface area is 112 Å². The first-order chi connectivity index (χ1) is 8.28. The number of hydrogen-bond acceptors (Lipinski definition) is 5. The van der Waals surface area contributed by atoms with Crippen LogP contribution in [0.15, 0.2) is 16.3 Å². The largest absolute Gasteiger partial charge is 0.350 e. The number of nitrogens with zero attached hydrogens (tertiary/aromatic N) is 2. The third-order valence-electron chi connectivity index (χ3n) is 2.00. The van der Waals surface area contributed by atoms with Crippen LogP contribution in [-0.2, 0) is 23.6 Å². The molecule has 90 valence electrons. The second-order valence-electron chi connectivity index (χ2n) is 3.30. The maximum Gasteiger partial charge on any atom is 0.227 e. The monoisotopic (exact) mass is 287 g/mol. The smallest absolute Gasteiger partial charge is 0.227 e. The van der Waals surface area contributed by atoms with Crippen LogP contribution in [0.25, 0.3) is 0 Å². The Morgan fingerprint density at radius 3 is 2.94 bits per heavy atom. The Hall–Kier alpha value is -0.980. The number of carbonyl (C=O) groups is 1. The van der Waals surface area contributed by atoms with Crippen molar-refractivity contribution in [2.24, 2.45) is 0 Å². The van der Waals surface area contributed by atoms with Crippen LogP contribution in [0.1, 0.15) is 16.4 Å². The van der Waals surface area contributed by atoms with Gasteiger partial charge in [-0.3, -0.25) is 4.79 Å². The van der Waals surface area contributed by atoms with Crippen LogP contribution in [0.5, 0.6) is 0 Å². The first kappa shape index (κ1) is 12.5. The Kier molecular flexibility index (Phi) is 4.47. The molecule has 1 N–H and O–H groups in total. The second kappa shape index (κ2) is 6.09. The maximum atomic E-state index is 11.6. The van der Waals surface area contributed by atoms with Crippen LogP contribution >= 0.6 is 34.3 Å². The molecule has 0 unspecified atom stereocenters. The summed E-state index contributed by atoms with van der Waals surface area (Å²) in [6.45, 7) is 0.468. The molecule has 0 aliphatic carbocycles. The van der Waals surface area contributed by atoms with E-state index in [1.165, 1.54) is 22.7 Å². The minimum Gasteiger partial charge on any atom is -0.350 e. The highest BCUT2D eigenvalue weighted by molar-refractivity contribution is 7.09. The fraction of sp³-hybridized carbons (Fsp3) is 0.300. The maximum absolute atomic E-state index is 11.6. The van der Waals surface area contributed by atoms with Crippen molar-refractivity contribution in [1.82, 2.24) is 15.3 Å². The molecule has 0 radical (unpaired) electrons. The predicted octanol–water partition coefficient (Wildman–Crippen LogP) is 2.20. The summed E-state index contributed by atoms with van der Waals surface area (Å²) in [7, 11) is 0. The van der Waals surface area contributed by atoms with Crippen molar-refractivity contribution in [1.29, 1.82) is 0 Å². The molecule has 0 fully saturated rings. The van der Waals surface area contributed by atoms with Gasteiger partial charge in [0, 0.05) is 10.8 Å². The summed E-state index contributed by atoms with van der Waals surface area (Å²) in [6.07, 6.45) is 0.297. The van der Waals surface area contributed by atoms with Gasteiger partial charge in [0.05, 0.1) is 35.7 Å². The van der Waals surface area contributed by atoms with E-state index < -0.39 is 0 Å². The van der Waals surface area contributed by atoms with E-state index in [0.717, 1.165) is 16.4 Å². The zero-order valence-corrected chi connectivity index (χ0v) is 11.2. The van der Waals surface area contributed by atoms with Crippen molar-refractivity contribution in [3.8, 4) is 0 Å². The quantitative estimate of drug-likeness (QED) is 0.858. The molecule has 2 rings (SSSR count). The van der Waals surface area contributed by atoms with Crippen molar-refractivity contribution in [3.63, 3.8) is 0 Å². The van der Waals surface area contributed by atoms with Gasteiger partial charge in [-0.25, -0.2) is 9.97 Å². The molecular weight excluding hydrogens is 278 g/mol. The first-order valence-electron chi connectivity index (χ1n) is 4.91. The zero-order valence-electron chi connectivity index (χ0n) is 8.85. The molecule has 0 aliphatic heterocycles. The summed E-state index contributed by atoms with van der Waals surface area (Å²) >= 11 is 8.61. The molecule has 0 saturated heterocycles.